The molecule has 0 spiro atoms. The van der Waals surface area contributed by atoms with Gasteiger partial charge in [0.25, 0.3) is 0 Å². The Labute approximate surface area is 134 Å². The molecule has 0 amide bonds. The van der Waals surface area contributed by atoms with Gasteiger partial charge in [0.2, 0.25) is 0 Å². The number of nitrogens with zero attached hydrogens (tertiary/aromatic N) is 1. The van der Waals surface area contributed by atoms with E-state index in [2.05, 4.69) is 29.5 Å². The highest BCUT2D eigenvalue weighted by Crippen LogP contribution is 2.45. The van der Waals surface area contributed by atoms with Crippen LogP contribution in [0.4, 0.5) is 4.39 Å². The van der Waals surface area contributed by atoms with Crippen LogP contribution >= 0.6 is 24.0 Å². The Kier molecular flexibility index (Phi) is 9.74. The number of rotatable bonds is 7. The quantitative estimate of drug-likeness (QED) is 0.305. The lowest BCUT2D eigenvalue weighted by Crippen LogP contribution is -2.47. The molecule has 1 aliphatic rings. The van der Waals surface area contributed by atoms with Crippen molar-refractivity contribution >= 4 is 29.9 Å². The van der Waals surface area contributed by atoms with Crippen molar-refractivity contribution in [3.8, 4) is 0 Å². The van der Waals surface area contributed by atoms with Crippen molar-refractivity contribution in [3.63, 3.8) is 0 Å². The number of nitrogens with one attached hydrogen (secondary N) is 2. The van der Waals surface area contributed by atoms with Crippen LogP contribution in [0.25, 0.3) is 0 Å². The molecule has 1 aliphatic carbocycles. The van der Waals surface area contributed by atoms with Crippen LogP contribution in [0.3, 0.4) is 0 Å². The van der Waals surface area contributed by atoms with Crippen molar-refractivity contribution in [3.05, 3.63) is 0 Å². The van der Waals surface area contributed by atoms with Crippen molar-refractivity contribution < 1.29 is 4.39 Å². The summed E-state index contributed by atoms with van der Waals surface area (Å²) in [6.45, 7) is 5.93. The second-order valence-corrected chi connectivity index (χ2v) is 5.85. The van der Waals surface area contributed by atoms with Crippen molar-refractivity contribution in [2.45, 2.75) is 46.0 Å². The molecule has 0 saturated heterocycles. The molecule has 5 heteroatoms. The Balaban J connectivity index is 0.00000324. The van der Waals surface area contributed by atoms with E-state index < -0.39 is 0 Å². The van der Waals surface area contributed by atoms with E-state index in [1.54, 1.807) is 7.05 Å². The predicted molar refractivity (Wildman–Crippen MR) is 91.1 cm³/mol. The molecule has 0 atom stereocenters. The second kappa shape index (κ2) is 9.77. The molecule has 0 bridgehead atoms. The Morgan fingerprint density at radius 2 is 2.00 bits per heavy atom. The van der Waals surface area contributed by atoms with Crippen molar-refractivity contribution in [1.82, 2.24) is 10.6 Å². The summed E-state index contributed by atoms with van der Waals surface area (Å²) in [5.41, 5.74) is 0.464. The zero-order chi connectivity index (χ0) is 13.4. The van der Waals surface area contributed by atoms with E-state index in [4.69, 9.17) is 0 Å². The molecule has 19 heavy (non-hydrogen) atoms. The SMILES string of the molecule is CN=C(NCCCF)NCC1(CC(C)C)CCC1.I. The molecule has 0 aromatic carbocycles. The molecule has 0 aromatic heterocycles. The van der Waals surface area contributed by atoms with Gasteiger partial charge in [0.15, 0.2) is 5.96 Å². The molecule has 0 heterocycles. The summed E-state index contributed by atoms with van der Waals surface area (Å²) in [6.07, 6.45) is 5.81. The lowest BCUT2D eigenvalue weighted by Gasteiger charge is -2.43. The van der Waals surface area contributed by atoms with E-state index in [9.17, 15) is 4.39 Å². The second-order valence-electron chi connectivity index (χ2n) is 5.85. The third kappa shape index (κ3) is 6.77. The smallest absolute Gasteiger partial charge is 0.190 e. The van der Waals surface area contributed by atoms with Gasteiger partial charge in [0, 0.05) is 20.1 Å². The number of hydrogen-bond donors (Lipinski definition) is 2. The Hall–Kier alpha value is -0.0700. The number of hydrogen-bond acceptors (Lipinski definition) is 1. The molecule has 114 valence electrons. The lowest BCUT2D eigenvalue weighted by atomic mass is 9.64. The molecule has 1 saturated carbocycles. The van der Waals surface area contributed by atoms with E-state index in [0.717, 1.165) is 18.4 Å². The average Bonchev–Trinajstić information content (AvgIpc) is 2.29. The third-order valence-corrected chi connectivity index (χ3v) is 3.71. The van der Waals surface area contributed by atoms with E-state index in [0.29, 0.717) is 18.4 Å². The summed E-state index contributed by atoms with van der Waals surface area (Å²) in [4.78, 5) is 4.17. The molecule has 3 nitrogen and oxygen atoms in total. The van der Waals surface area contributed by atoms with Gasteiger partial charge >= 0.3 is 0 Å². The van der Waals surface area contributed by atoms with Crippen molar-refractivity contribution in [1.29, 1.82) is 0 Å². The highest BCUT2D eigenvalue weighted by atomic mass is 127. The van der Waals surface area contributed by atoms with Crippen molar-refractivity contribution in [2.24, 2.45) is 16.3 Å². The van der Waals surface area contributed by atoms with Crippen LogP contribution in [-0.4, -0.2) is 32.8 Å². The Bertz CT molecular complexity index is 265. The maximum Gasteiger partial charge on any atom is 0.190 e. The highest BCUT2D eigenvalue weighted by molar-refractivity contribution is 14.0. The van der Waals surface area contributed by atoms with Gasteiger partial charge in [-0.2, -0.15) is 0 Å². The fraction of sp³-hybridized carbons (Fsp3) is 0.929. The summed E-state index contributed by atoms with van der Waals surface area (Å²) in [6, 6.07) is 0. The molecular formula is C14H29FIN3. The van der Waals surface area contributed by atoms with Crippen LogP contribution in [-0.2, 0) is 0 Å². The monoisotopic (exact) mass is 385 g/mol. The van der Waals surface area contributed by atoms with Crippen LogP contribution < -0.4 is 10.6 Å². The van der Waals surface area contributed by atoms with Crippen LogP contribution in [0.15, 0.2) is 4.99 Å². The maximum absolute atomic E-state index is 12.0. The fourth-order valence-electron chi connectivity index (χ4n) is 2.76. The Morgan fingerprint density at radius 1 is 1.32 bits per heavy atom. The summed E-state index contributed by atoms with van der Waals surface area (Å²) < 4.78 is 12.0. The van der Waals surface area contributed by atoms with Gasteiger partial charge in [0.1, 0.15) is 0 Å². The van der Waals surface area contributed by atoms with E-state index in [-0.39, 0.29) is 30.7 Å². The van der Waals surface area contributed by atoms with Crippen LogP contribution in [0.2, 0.25) is 0 Å². The molecule has 0 aliphatic heterocycles. The first kappa shape index (κ1) is 18.9. The standard InChI is InChI=1S/C14H28FN3.HI/c1-12(2)10-14(6-4-7-14)11-18-13(16-3)17-9-5-8-15;/h12H,4-11H2,1-3H3,(H2,16,17,18);1H. The molecule has 0 aromatic rings. The summed E-state index contributed by atoms with van der Waals surface area (Å²) in [5.74, 6) is 1.55. The van der Waals surface area contributed by atoms with Crippen molar-refractivity contribution in [2.75, 3.05) is 26.8 Å². The maximum atomic E-state index is 12.0. The van der Waals surface area contributed by atoms with Gasteiger partial charge < -0.3 is 10.6 Å². The van der Waals surface area contributed by atoms with Crippen LogP contribution in [0.1, 0.15) is 46.0 Å². The Morgan fingerprint density at radius 3 is 2.42 bits per heavy atom. The summed E-state index contributed by atoms with van der Waals surface area (Å²) >= 11 is 0. The number of halogens is 2. The zero-order valence-electron chi connectivity index (χ0n) is 12.5. The van der Waals surface area contributed by atoms with E-state index >= 15 is 0 Å². The minimum atomic E-state index is -0.277. The third-order valence-electron chi connectivity index (χ3n) is 3.71. The molecule has 2 N–H and O–H groups in total. The summed E-state index contributed by atoms with van der Waals surface area (Å²) in [7, 11) is 1.76. The van der Waals surface area contributed by atoms with Gasteiger partial charge in [-0.1, -0.05) is 20.3 Å². The van der Waals surface area contributed by atoms with Gasteiger partial charge in [-0.25, -0.2) is 0 Å². The van der Waals surface area contributed by atoms with Crippen LogP contribution in [0, 0.1) is 11.3 Å². The number of guanidine groups is 1. The van der Waals surface area contributed by atoms with E-state index in [1.807, 2.05) is 0 Å². The van der Waals surface area contributed by atoms with Gasteiger partial charge in [-0.3, -0.25) is 9.38 Å². The molecular weight excluding hydrogens is 356 g/mol. The summed E-state index contributed by atoms with van der Waals surface area (Å²) in [5, 5.41) is 6.54. The first-order valence-electron chi connectivity index (χ1n) is 7.12. The first-order chi connectivity index (χ1) is 8.62. The first-order valence-corrected chi connectivity index (χ1v) is 7.12. The van der Waals surface area contributed by atoms with Crippen LogP contribution in [0.5, 0.6) is 0 Å². The number of alkyl halides is 1. The molecule has 1 fully saturated rings. The fourth-order valence-corrected chi connectivity index (χ4v) is 2.76. The minimum Gasteiger partial charge on any atom is -0.356 e. The minimum absolute atomic E-state index is 0. The number of aliphatic imine (C=N–C) groups is 1. The largest absolute Gasteiger partial charge is 0.356 e. The van der Waals surface area contributed by atoms with Gasteiger partial charge in [-0.05, 0) is 37.0 Å². The predicted octanol–water partition coefficient (Wildman–Crippen LogP) is 3.35. The topological polar surface area (TPSA) is 36.4 Å². The molecule has 1 rings (SSSR count). The molecule has 0 unspecified atom stereocenters. The van der Waals surface area contributed by atoms with Gasteiger partial charge in [-0.15, -0.1) is 24.0 Å². The normalized spacial score (nSPS) is 17.6. The highest BCUT2D eigenvalue weighted by Gasteiger charge is 2.37. The lowest BCUT2D eigenvalue weighted by molar-refractivity contribution is 0.104. The average molecular weight is 385 g/mol. The van der Waals surface area contributed by atoms with Gasteiger partial charge in [0.05, 0.1) is 6.67 Å². The van der Waals surface area contributed by atoms with E-state index in [1.165, 1.54) is 25.7 Å². The molecule has 0 radical (unpaired) electrons. The zero-order valence-corrected chi connectivity index (χ0v) is 14.8.